The van der Waals surface area contributed by atoms with Crippen molar-refractivity contribution in [1.82, 2.24) is 0 Å². The van der Waals surface area contributed by atoms with Crippen LogP contribution in [-0.2, 0) is 4.74 Å². The molecule has 1 saturated heterocycles. The van der Waals surface area contributed by atoms with Crippen LogP contribution in [0.4, 0.5) is 0 Å². The molecule has 8 N–H and O–H groups in total. The van der Waals surface area contributed by atoms with Gasteiger partial charge < -0.3 is 50.3 Å². The van der Waals surface area contributed by atoms with Gasteiger partial charge in [-0.15, -0.1) is 0 Å². The van der Waals surface area contributed by atoms with E-state index in [2.05, 4.69) is 0 Å². The first-order valence-electron chi connectivity index (χ1n) is 9.52. The van der Waals surface area contributed by atoms with E-state index in [1.54, 1.807) is 0 Å². The van der Waals surface area contributed by atoms with E-state index in [1.807, 2.05) is 0 Å². The highest BCUT2D eigenvalue weighted by Crippen LogP contribution is 2.45. The number of hydrogen-bond acceptors (Lipinski definition) is 10. The van der Waals surface area contributed by atoms with Crippen LogP contribution < -0.4 is 4.74 Å². The first-order valence-corrected chi connectivity index (χ1v) is 9.52. The Morgan fingerprint density at radius 2 is 1.56 bits per heavy atom. The van der Waals surface area contributed by atoms with Crippen LogP contribution in [0.1, 0.15) is 0 Å². The maximum atomic E-state index is 10.3. The van der Waals surface area contributed by atoms with Gasteiger partial charge in [0.1, 0.15) is 35.6 Å². The number of benzene rings is 2. The number of ether oxygens (including phenoxy) is 2. The average Bonchev–Trinajstić information content (AvgIpc) is 2.78. The van der Waals surface area contributed by atoms with Gasteiger partial charge in [-0.3, -0.25) is 0 Å². The molecule has 3 aromatic rings. The third-order valence-electron chi connectivity index (χ3n) is 5.19. The van der Waals surface area contributed by atoms with Gasteiger partial charge in [-0.2, -0.15) is 0 Å². The van der Waals surface area contributed by atoms with E-state index in [9.17, 15) is 40.9 Å². The molecule has 1 aliphatic rings. The lowest BCUT2D eigenvalue weighted by molar-refractivity contribution is -0.277. The largest absolute Gasteiger partial charge is 0.508 e. The highest BCUT2D eigenvalue weighted by atomic mass is 16.7. The fourth-order valence-corrected chi connectivity index (χ4v) is 3.41. The van der Waals surface area contributed by atoms with Gasteiger partial charge in [0.2, 0.25) is 17.8 Å². The number of aliphatic hydroxyl groups excluding tert-OH is 4. The quantitative estimate of drug-likeness (QED) is 0.203. The van der Waals surface area contributed by atoms with Crippen molar-refractivity contribution < 1.29 is 54.7 Å². The molecule has 0 amide bonds. The number of phenolic OH excluding ortho intramolecular Hbond substituents is 4. The summed E-state index contributed by atoms with van der Waals surface area (Å²) < 4.78 is 16.8. The molecular formula is C21H21O11+. The van der Waals surface area contributed by atoms with E-state index in [-0.39, 0.29) is 28.2 Å². The summed E-state index contributed by atoms with van der Waals surface area (Å²) in [6.07, 6.45) is -7.76. The molecule has 0 radical (unpaired) electrons. The van der Waals surface area contributed by atoms with Crippen LogP contribution in [-0.4, -0.2) is 78.2 Å². The van der Waals surface area contributed by atoms with Crippen LogP contribution >= 0.6 is 0 Å². The predicted octanol–water partition coefficient (Wildman–Crippen LogP) is 0.382. The molecule has 4 rings (SSSR count). The Balaban J connectivity index is 1.84. The molecule has 2 unspecified atom stereocenters. The molecule has 0 bridgehead atoms. The van der Waals surface area contributed by atoms with Crippen molar-refractivity contribution in [3.63, 3.8) is 0 Å². The summed E-state index contributed by atoms with van der Waals surface area (Å²) in [5, 5.41) is 79.1. The topological polar surface area (TPSA) is 192 Å². The molecule has 0 aliphatic carbocycles. The smallest absolute Gasteiger partial charge is 0.402 e. The third kappa shape index (κ3) is 3.72. The summed E-state index contributed by atoms with van der Waals surface area (Å²) in [7, 11) is 0. The van der Waals surface area contributed by atoms with Crippen LogP contribution in [0, 0.1) is 0 Å². The van der Waals surface area contributed by atoms with E-state index >= 15 is 0 Å². The van der Waals surface area contributed by atoms with Crippen molar-refractivity contribution in [1.29, 1.82) is 0 Å². The molecule has 11 heteroatoms. The van der Waals surface area contributed by atoms with Gasteiger partial charge in [-0.05, 0) is 24.3 Å². The Labute approximate surface area is 180 Å². The highest BCUT2D eigenvalue weighted by molar-refractivity contribution is 5.91. The Morgan fingerprint density at radius 3 is 2.22 bits per heavy atom. The van der Waals surface area contributed by atoms with Crippen molar-refractivity contribution in [3.05, 3.63) is 36.4 Å². The van der Waals surface area contributed by atoms with E-state index in [4.69, 9.17) is 13.9 Å². The Bertz CT molecular complexity index is 1130. The van der Waals surface area contributed by atoms with Crippen LogP contribution in [0.3, 0.4) is 0 Å². The molecular weight excluding hydrogens is 428 g/mol. The number of hydrogen-bond donors (Lipinski definition) is 8. The summed E-state index contributed by atoms with van der Waals surface area (Å²) in [6.45, 7) is -0.661. The van der Waals surface area contributed by atoms with Crippen LogP contribution in [0.2, 0.25) is 0 Å². The minimum atomic E-state index is -1.71. The van der Waals surface area contributed by atoms with Gasteiger partial charge >= 0.3 is 11.3 Å². The minimum Gasteiger partial charge on any atom is -0.508 e. The molecule has 2 aromatic carbocycles. The summed E-state index contributed by atoms with van der Waals surface area (Å²) >= 11 is 0. The zero-order valence-electron chi connectivity index (χ0n) is 16.4. The molecule has 32 heavy (non-hydrogen) atoms. The van der Waals surface area contributed by atoms with Gasteiger partial charge in [0.05, 0.1) is 18.2 Å². The summed E-state index contributed by atoms with van der Waals surface area (Å²) in [6, 6.07) is 8.04. The van der Waals surface area contributed by atoms with Gasteiger partial charge in [0.15, 0.2) is 11.5 Å². The SMILES string of the molecule is OCC1O[C@@H](Oc2cc3c(O)c(O)c(O)cc3[o+]c2-c2ccc(O)cc2)C(O)[C@@H](O)[C@@H]1O. The summed E-state index contributed by atoms with van der Waals surface area (Å²) in [5.74, 6) is -2.22. The minimum absolute atomic E-state index is 0.0221. The Hall–Kier alpha value is -3.35. The second kappa shape index (κ2) is 8.30. The maximum Gasteiger partial charge on any atom is 0.402 e. The lowest BCUT2D eigenvalue weighted by atomic mass is 9.99. The molecule has 0 saturated carbocycles. The second-order valence-corrected chi connectivity index (χ2v) is 7.31. The van der Waals surface area contributed by atoms with Gasteiger partial charge in [-0.1, -0.05) is 0 Å². The summed E-state index contributed by atoms with van der Waals surface area (Å²) in [4.78, 5) is 0. The van der Waals surface area contributed by atoms with Crippen LogP contribution in [0.5, 0.6) is 28.7 Å². The number of fused-ring (bicyclic) bond motifs is 1. The van der Waals surface area contributed by atoms with E-state index in [0.717, 1.165) is 6.07 Å². The lowest BCUT2D eigenvalue weighted by Gasteiger charge is -2.39. The Morgan fingerprint density at radius 1 is 0.875 bits per heavy atom. The molecule has 11 nitrogen and oxygen atoms in total. The van der Waals surface area contributed by atoms with Crippen LogP contribution in [0.15, 0.2) is 40.8 Å². The van der Waals surface area contributed by atoms with Crippen molar-refractivity contribution in [3.8, 4) is 40.1 Å². The van der Waals surface area contributed by atoms with Crippen LogP contribution in [0.25, 0.3) is 22.3 Å². The highest BCUT2D eigenvalue weighted by Gasteiger charge is 2.45. The van der Waals surface area contributed by atoms with Crippen molar-refractivity contribution in [2.45, 2.75) is 30.7 Å². The maximum absolute atomic E-state index is 10.3. The molecule has 1 aromatic heterocycles. The fraction of sp³-hybridized carbons (Fsp3) is 0.286. The van der Waals surface area contributed by atoms with Gasteiger partial charge in [0, 0.05) is 6.07 Å². The zero-order chi connectivity index (χ0) is 23.2. The normalized spacial score (nSPS) is 25.7. The van der Waals surface area contributed by atoms with Gasteiger partial charge in [0.25, 0.3) is 0 Å². The monoisotopic (exact) mass is 449 g/mol. The standard InChI is InChI=1S/C21H20O11/c22-7-14-17(27)18(28)19(29)21(32-14)31-13-5-10-12(6-11(24)16(26)15(10)25)30-20(13)8-1-3-9(23)4-2-8/h1-6,14,17-19,21-22,27-29H,7H2,(H3-,23,24,25,26)/p+1/t14?,17-,18+,19?,21-/m1/s1. The predicted molar refractivity (Wildman–Crippen MR) is 107 cm³/mol. The first kappa shape index (κ1) is 21.9. The first-order chi connectivity index (χ1) is 15.2. The molecule has 2 heterocycles. The fourth-order valence-electron chi connectivity index (χ4n) is 3.41. The lowest BCUT2D eigenvalue weighted by Crippen LogP contribution is -2.60. The summed E-state index contributed by atoms with van der Waals surface area (Å²) in [5.41, 5.74) is 0.360. The van der Waals surface area contributed by atoms with Crippen molar-refractivity contribution >= 4 is 11.0 Å². The average molecular weight is 449 g/mol. The van der Waals surface area contributed by atoms with Crippen molar-refractivity contribution in [2.24, 2.45) is 0 Å². The van der Waals surface area contributed by atoms with E-state index in [0.29, 0.717) is 5.56 Å². The van der Waals surface area contributed by atoms with E-state index < -0.39 is 54.6 Å². The Kier molecular flexibility index (Phi) is 5.67. The van der Waals surface area contributed by atoms with E-state index in [1.165, 1.54) is 30.3 Å². The second-order valence-electron chi connectivity index (χ2n) is 7.31. The number of aliphatic hydroxyl groups is 4. The molecule has 1 fully saturated rings. The number of aromatic hydroxyl groups is 4. The molecule has 0 spiro atoms. The third-order valence-corrected chi connectivity index (χ3v) is 5.19. The molecule has 170 valence electrons. The number of rotatable bonds is 4. The zero-order valence-corrected chi connectivity index (χ0v) is 16.4. The van der Waals surface area contributed by atoms with Gasteiger partial charge in [-0.25, -0.2) is 4.42 Å². The molecule has 5 atom stereocenters. The molecule has 1 aliphatic heterocycles. The number of phenols is 4. The van der Waals surface area contributed by atoms with Crippen molar-refractivity contribution in [2.75, 3.05) is 6.61 Å².